The number of carbonyl (C=O) groups excluding carboxylic acids is 1. The SMILES string of the molecule is CN(C)CC[C@H](CSc1ccccc1)Nc1ccc(S(=O)(=O)NC(=O)c2ccc(N3C[C@H]4CN(Cc5ccccc5-c5ccc(Cl)cc5)C[C@H]4C3)cc2)cc1[N+](=O)[O-]. The summed E-state index contributed by atoms with van der Waals surface area (Å²) in [6.45, 7) is 5.40. The highest BCUT2D eigenvalue weighted by Crippen LogP contribution is 2.36. The molecule has 5 aromatic rings. The molecule has 14 heteroatoms. The van der Waals surface area contributed by atoms with Crippen molar-refractivity contribution in [3.63, 3.8) is 0 Å². The van der Waals surface area contributed by atoms with Gasteiger partial charge in [0.1, 0.15) is 5.69 Å². The van der Waals surface area contributed by atoms with E-state index in [4.69, 9.17) is 11.6 Å². The van der Waals surface area contributed by atoms with Crippen LogP contribution in [0, 0.1) is 22.0 Å². The third-order valence-electron chi connectivity index (χ3n) is 10.8. The number of benzene rings is 5. The fraction of sp³-hybridized carbons (Fsp3) is 0.295. The number of nitrogens with one attached hydrogen (secondary N) is 2. The summed E-state index contributed by atoms with van der Waals surface area (Å²) in [6, 6.07) is 36.8. The molecule has 2 saturated heterocycles. The summed E-state index contributed by atoms with van der Waals surface area (Å²) in [4.78, 5) is 32.4. The molecule has 2 aliphatic rings. The monoisotopic (exact) mass is 838 g/mol. The second-order valence-corrected chi connectivity index (χ2v) is 18.5. The van der Waals surface area contributed by atoms with E-state index in [1.807, 2.05) is 73.6 Å². The average Bonchev–Trinajstić information content (AvgIpc) is 3.79. The molecule has 2 N–H and O–H groups in total. The Morgan fingerprint density at radius 2 is 1.57 bits per heavy atom. The molecule has 1 amide bonds. The van der Waals surface area contributed by atoms with Crippen molar-refractivity contribution >= 4 is 56.4 Å². The second-order valence-electron chi connectivity index (χ2n) is 15.3. The highest BCUT2D eigenvalue weighted by Gasteiger charge is 2.40. The molecule has 2 aliphatic heterocycles. The first-order chi connectivity index (χ1) is 27.9. The van der Waals surface area contributed by atoms with Crippen LogP contribution in [0.15, 0.2) is 131 Å². The molecule has 58 heavy (non-hydrogen) atoms. The fourth-order valence-corrected chi connectivity index (χ4v) is 9.91. The minimum Gasteiger partial charge on any atom is -0.376 e. The molecule has 0 spiro atoms. The van der Waals surface area contributed by atoms with Gasteiger partial charge >= 0.3 is 0 Å². The highest BCUT2D eigenvalue weighted by atomic mass is 35.5. The van der Waals surface area contributed by atoms with Gasteiger partial charge < -0.3 is 15.1 Å². The second kappa shape index (κ2) is 18.3. The first-order valence-corrected chi connectivity index (χ1v) is 22.1. The van der Waals surface area contributed by atoms with Crippen molar-refractivity contribution in [2.75, 3.05) is 62.8 Å². The molecule has 2 heterocycles. The maximum atomic E-state index is 13.4. The maximum absolute atomic E-state index is 13.4. The zero-order valence-electron chi connectivity index (χ0n) is 32.5. The van der Waals surface area contributed by atoms with Crippen LogP contribution in [0.2, 0.25) is 5.02 Å². The maximum Gasteiger partial charge on any atom is 0.293 e. The smallest absolute Gasteiger partial charge is 0.293 e. The molecular weight excluding hydrogens is 792 g/mol. The van der Waals surface area contributed by atoms with E-state index in [1.54, 1.807) is 23.9 Å². The Bertz CT molecular complexity index is 2320. The zero-order chi connectivity index (χ0) is 40.8. The van der Waals surface area contributed by atoms with Gasteiger partial charge in [0.25, 0.3) is 21.6 Å². The van der Waals surface area contributed by atoms with Crippen molar-refractivity contribution in [1.82, 2.24) is 14.5 Å². The largest absolute Gasteiger partial charge is 0.376 e. The molecule has 11 nitrogen and oxygen atoms in total. The highest BCUT2D eigenvalue weighted by molar-refractivity contribution is 7.99. The number of sulfonamides is 1. The standard InChI is InChI=1S/C44H47ClN6O5S2/c1-48(2)23-22-37(30-57-39-9-4-3-5-10-39)46-42-21-20-40(24-43(42)51(53)54)58(55,56)47-44(52)32-14-18-38(19-15-32)50-28-34-26-49(27-35(34)29-50)25-33-8-6-7-11-41(33)31-12-16-36(45)17-13-31/h3-21,24,34-35,37,46H,22-23,25-30H2,1-2H3,(H,47,52)/t34-,35+,37-/m1/s1. The topological polar surface area (TPSA) is 128 Å². The predicted octanol–water partition coefficient (Wildman–Crippen LogP) is 8.13. The minimum atomic E-state index is -4.42. The number of amides is 1. The van der Waals surface area contributed by atoms with E-state index in [9.17, 15) is 23.3 Å². The number of rotatable bonds is 16. The number of fused-ring (bicyclic) bond motifs is 1. The van der Waals surface area contributed by atoms with E-state index in [2.05, 4.69) is 56.2 Å². The van der Waals surface area contributed by atoms with Gasteiger partial charge in [-0.25, -0.2) is 13.1 Å². The molecule has 2 fully saturated rings. The van der Waals surface area contributed by atoms with Crippen molar-refractivity contribution in [2.45, 2.75) is 28.8 Å². The summed E-state index contributed by atoms with van der Waals surface area (Å²) in [7, 11) is -0.501. The number of nitro benzene ring substituents is 1. The molecular formula is C44H47ClN6O5S2. The molecule has 5 aromatic carbocycles. The lowest BCUT2D eigenvalue weighted by atomic mass is 9.99. The summed E-state index contributed by atoms with van der Waals surface area (Å²) in [5.74, 6) is 0.853. The van der Waals surface area contributed by atoms with Gasteiger partial charge in [-0.05, 0) is 116 Å². The van der Waals surface area contributed by atoms with Crippen LogP contribution in [-0.4, -0.2) is 87.7 Å². The number of nitro groups is 1. The van der Waals surface area contributed by atoms with Crippen LogP contribution in [0.1, 0.15) is 22.3 Å². The quantitative estimate of drug-likeness (QED) is 0.0572. The molecule has 0 radical (unpaired) electrons. The number of hydrogen-bond donors (Lipinski definition) is 2. The van der Waals surface area contributed by atoms with Gasteiger partial charge in [0.15, 0.2) is 0 Å². The normalized spacial score (nSPS) is 17.3. The third kappa shape index (κ3) is 10.2. The van der Waals surface area contributed by atoms with Crippen molar-refractivity contribution in [2.24, 2.45) is 11.8 Å². The van der Waals surface area contributed by atoms with Crippen LogP contribution in [0.3, 0.4) is 0 Å². The van der Waals surface area contributed by atoms with Gasteiger partial charge in [-0.15, -0.1) is 11.8 Å². The van der Waals surface area contributed by atoms with Crippen LogP contribution >= 0.6 is 23.4 Å². The van der Waals surface area contributed by atoms with Crippen LogP contribution < -0.4 is 14.9 Å². The van der Waals surface area contributed by atoms with E-state index < -0.39 is 20.9 Å². The molecule has 0 unspecified atom stereocenters. The Morgan fingerprint density at radius 3 is 2.24 bits per heavy atom. The molecule has 0 saturated carbocycles. The summed E-state index contributed by atoms with van der Waals surface area (Å²) < 4.78 is 28.9. The molecule has 0 aromatic heterocycles. The Balaban J connectivity index is 0.951. The Labute approximate surface area is 349 Å². The van der Waals surface area contributed by atoms with Crippen LogP contribution in [0.5, 0.6) is 0 Å². The zero-order valence-corrected chi connectivity index (χ0v) is 34.8. The predicted molar refractivity (Wildman–Crippen MR) is 233 cm³/mol. The van der Waals surface area contributed by atoms with Crippen LogP contribution in [-0.2, 0) is 16.6 Å². The van der Waals surface area contributed by atoms with Crippen molar-refractivity contribution in [3.8, 4) is 11.1 Å². The van der Waals surface area contributed by atoms with E-state index >= 15 is 0 Å². The number of nitrogens with zero attached hydrogens (tertiary/aromatic N) is 4. The van der Waals surface area contributed by atoms with Gasteiger partial charge in [0.05, 0.1) is 9.82 Å². The minimum absolute atomic E-state index is 0.138. The van der Waals surface area contributed by atoms with Gasteiger partial charge in [0.2, 0.25) is 0 Å². The summed E-state index contributed by atoms with van der Waals surface area (Å²) in [5.41, 5.74) is 4.62. The van der Waals surface area contributed by atoms with Gasteiger partial charge in [-0.1, -0.05) is 66.2 Å². The Hall–Kier alpha value is -4.92. The van der Waals surface area contributed by atoms with Crippen molar-refractivity contribution in [3.05, 3.63) is 148 Å². The lowest BCUT2D eigenvalue weighted by Crippen LogP contribution is -2.31. The lowest BCUT2D eigenvalue weighted by Gasteiger charge is -2.24. The van der Waals surface area contributed by atoms with E-state index in [0.717, 1.165) is 66.5 Å². The summed E-state index contributed by atoms with van der Waals surface area (Å²) >= 11 is 7.77. The Kier molecular flexibility index (Phi) is 13.0. The first-order valence-electron chi connectivity index (χ1n) is 19.3. The molecule has 302 valence electrons. The number of likely N-dealkylation sites (tertiary alicyclic amines) is 1. The molecule has 0 aliphatic carbocycles. The number of thioether (sulfide) groups is 1. The summed E-state index contributed by atoms with van der Waals surface area (Å²) in [6.07, 6.45) is 0.707. The van der Waals surface area contributed by atoms with E-state index in [0.29, 0.717) is 24.0 Å². The van der Waals surface area contributed by atoms with Crippen LogP contribution in [0.25, 0.3) is 11.1 Å². The van der Waals surface area contributed by atoms with Gasteiger partial charge in [0, 0.05) is 71.8 Å². The number of halogens is 1. The van der Waals surface area contributed by atoms with Crippen molar-refractivity contribution in [1.29, 1.82) is 0 Å². The first kappa shape index (κ1) is 41.2. The van der Waals surface area contributed by atoms with Crippen molar-refractivity contribution < 1.29 is 18.1 Å². The van der Waals surface area contributed by atoms with E-state index in [-0.39, 0.29) is 27.9 Å². The fourth-order valence-electron chi connectivity index (χ4n) is 7.80. The number of hydrogen-bond acceptors (Lipinski definition) is 10. The molecule has 3 atom stereocenters. The van der Waals surface area contributed by atoms with Gasteiger partial charge in [-0.2, -0.15) is 0 Å². The number of carbonyl (C=O) groups is 1. The third-order valence-corrected chi connectivity index (χ3v) is 13.6. The molecule has 7 rings (SSSR count). The Morgan fingerprint density at radius 1 is 0.897 bits per heavy atom. The average molecular weight is 839 g/mol. The molecule has 0 bridgehead atoms. The van der Waals surface area contributed by atoms with E-state index in [1.165, 1.54) is 23.3 Å². The number of anilines is 2. The summed E-state index contributed by atoms with van der Waals surface area (Å²) in [5, 5.41) is 16.2. The lowest BCUT2D eigenvalue weighted by molar-refractivity contribution is -0.384. The van der Waals surface area contributed by atoms with Crippen LogP contribution in [0.4, 0.5) is 17.1 Å². The van der Waals surface area contributed by atoms with Gasteiger partial charge in [-0.3, -0.25) is 19.8 Å².